The largest absolute Gasteiger partial charge is 0.497 e. The number of aromatic nitrogens is 4. The van der Waals surface area contributed by atoms with E-state index in [4.69, 9.17) is 14.5 Å². The molecule has 0 saturated heterocycles. The molecular formula is C24H28N6O2. The van der Waals surface area contributed by atoms with E-state index in [0.717, 1.165) is 58.3 Å². The predicted molar refractivity (Wildman–Crippen MR) is 127 cm³/mol. The van der Waals surface area contributed by atoms with Crippen molar-refractivity contribution in [3.05, 3.63) is 55.0 Å². The Morgan fingerprint density at radius 3 is 2.62 bits per heavy atom. The van der Waals surface area contributed by atoms with Gasteiger partial charge in [-0.1, -0.05) is 13.8 Å². The lowest BCUT2D eigenvalue weighted by atomic mass is 10.2. The van der Waals surface area contributed by atoms with E-state index in [1.807, 2.05) is 30.5 Å². The summed E-state index contributed by atoms with van der Waals surface area (Å²) in [5.41, 5.74) is 5.24. The lowest BCUT2D eigenvalue weighted by Gasteiger charge is -2.28. The summed E-state index contributed by atoms with van der Waals surface area (Å²) in [4.78, 5) is 11.6. The standard InChI is InChI=1S/C24H28N6O2/c1-16(2)25-9-10-30(23-12-19(31-3)6-8-24(23)32-4)18-5-7-20-21(11-18)29-22(15-26-20)17-13-27-28-14-17/h5-8,11-16,25H,9-10H2,1-4H3,(H,27,28). The van der Waals surface area contributed by atoms with E-state index in [1.165, 1.54) is 0 Å². The van der Waals surface area contributed by atoms with E-state index in [1.54, 1.807) is 26.6 Å². The number of nitrogens with one attached hydrogen (secondary N) is 2. The third-order valence-electron chi connectivity index (χ3n) is 5.20. The van der Waals surface area contributed by atoms with Crippen LogP contribution in [-0.2, 0) is 0 Å². The first kappa shape index (κ1) is 21.6. The number of hydrogen-bond acceptors (Lipinski definition) is 7. The maximum absolute atomic E-state index is 5.67. The molecule has 166 valence electrons. The van der Waals surface area contributed by atoms with E-state index < -0.39 is 0 Å². The number of nitrogens with zero attached hydrogens (tertiary/aromatic N) is 4. The molecule has 0 aliphatic rings. The molecule has 2 N–H and O–H groups in total. The minimum absolute atomic E-state index is 0.393. The van der Waals surface area contributed by atoms with Gasteiger partial charge in [0.1, 0.15) is 11.5 Å². The second-order valence-corrected chi connectivity index (χ2v) is 7.71. The van der Waals surface area contributed by atoms with E-state index >= 15 is 0 Å². The number of methoxy groups -OCH3 is 2. The van der Waals surface area contributed by atoms with Crippen molar-refractivity contribution in [3.8, 4) is 22.8 Å². The van der Waals surface area contributed by atoms with Crippen molar-refractivity contribution in [2.45, 2.75) is 19.9 Å². The highest BCUT2D eigenvalue weighted by molar-refractivity contribution is 5.83. The van der Waals surface area contributed by atoms with E-state index in [-0.39, 0.29) is 0 Å². The Balaban J connectivity index is 1.78. The zero-order valence-corrected chi connectivity index (χ0v) is 18.8. The molecule has 0 radical (unpaired) electrons. The highest BCUT2D eigenvalue weighted by Crippen LogP contribution is 2.37. The highest BCUT2D eigenvalue weighted by Gasteiger charge is 2.17. The van der Waals surface area contributed by atoms with Gasteiger partial charge in [-0.3, -0.25) is 10.1 Å². The molecule has 2 aromatic carbocycles. The van der Waals surface area contributed by atoms with Crippen molar-refractivity contribution in [1.82, 2.24) is 25.5 Å². The lowest BCUT2D eigenvalue weighted by Crippen LogP contribution is -2.32. The normalized spacial score (nSPS) is 11.2. The zero-order chi connectivity index (χ0) is 22.5. The Morgan fingerprint density at radius 1 is 1.03 bits per heavy atom. The number of ether oxygens (including phenoxy) is 2. The summed E-state index contributed by atoms with van der Waals surface area (Å²) in [7, 11) is 3.35. The molecule has 0 amide bonds. The first-order chi connectivity index (χ1) is 15.6. The Kier molecular flexibility index (Phi) is 6.51. The summed E-state index contributed by atoms with van der Waals surface area (Å²) in [6.07, 6.45) is 5.32. The van der Waals surface area contributed by atoms with Crippen LogP contribution < -0.4 is 19.7 Å². The zero-order valence-electron chi connectivity index (χ0n) is 18.8. The average molecular weight is 433 g/mol. The lowest BCUT2D eigenvalue weighted by molar-refractivity contribution is 0.403. The predicted octanol–water partition coefficient (Wildman–Crippen LogP) is 4.17. The Bertz CT molecular complexity index is 1180. The van der Waals surface area contributed by atoms with Crippen molar-refractivity contribution < 1.29 is 9.47 Å². The van der Waals surface area contributed by atoms with Crippen molar-refractivity contribution in [1.29, 1.82) is 0 Å². The van der Waals surface area contributed by atoms with Gasteiger partial charge in [0.05, 0.1) is 49.0 Å². The van der Waals surface area contributed by atoms with Crippen LogP contribution in [0.1, 0.15) is 13.8 Å². The number of aromatic amines is 1. The van der Waals surface area contributed by atoms with Gasteiger partial charge in [-0.05, 0) is 30.3 Å². The number of anilines is 2. The van der Waals surface area contributed by atoms with Crippen LogP contribution in [0.5, 0.6) is 11.5 Å². The van der Waals surface area contributed by atoms with Gasteiger partial charge in [0.15, 0.2) is 0 Å². The van der Waals surface area contributed by atoms with Crippen LogP contribution in [0.2, 0.25) is 0 Å². The van der Waals surface area contributed by atoms with Gasteiger partial charge in [-0.25, -0.2) is 4.98 Å². The molecule has 0 atom stereocenters. The number of benzene rings is 2. The molecular weight excluding hydrogens is 404 g/mol. The van der Waals surface area contributed by atoms with E-state index in [2.05, 4.69) is 51.4 Å². The Labute approximate surface area is 187 Å². The van der Waals surface area contributed by atoms with Crippen LogP contribution in [0.4, 0.5) is 11.4 Å². The molecule has 2 heterocycles. The number of hydrogen-bond donors (Lipinski definition) is 2. The number of rotatable bonds is 9. The van der Waals surface area contributed by atoms with Gasteiger partial charge >= 0.3 is 0 Å². The molecule has 0 aliphatic carbocycles. The molecule has 4 rings (SSSR count). The van der Waals surface area contributed by atoms with Crippen molar-refractivity contribution in [2.75, 3.05) is 32.2 Å². The Morgan fingerprint density at radius 2 is 1.91 bits per heavy atom. The molecule has 0 unspecified atom stereocenters. The number of fused-ring (bicyclic) bond motifs is 1. The van der Waals surface area contributed by atoms with Gasteiger partial charge in [0, 0.05) is 42.6 Å². The summed E-state index contributed by atoms with van der Waals surface area (Å²) in [6.45, 7) is 5.82. The molecule has 8 nitrogen and oxygen atoms in total. The third-order valence-corrected chi connectivity index (χ3v) is 5.20. The van der Waals surface area contributed by atoms with Crippen molar-refractivity contribution in [3.63, 3.8) is 0 Å². The van der Waals surface area contributed by atoms with Gasteiger partial charge < -0.3 is 19.7 Å². The highest BCUT2D eigenvalue weighted by atomic mass is 16.5. The van der Waals surface area contributed by atoms with E-state index in [9.17, 15) is 0 Å². The maximum Gasteiger partial charge on any atom is 0.142 e. The summed E-state index contributed by atoms with van der Waals surface area (Å²) in [6, 6.07) is 12.3. The first-order valence-electron chi connectivity index (χ1n) is 10.6. The molecule has 0 saturated carbocycles. The molecule has 0 bridgehead atoms. The monoisotopic (exact) mass is 432 g/mol. The fourth-order valence-corrected chi connectivity index (χ4v) is 3.56. The molecule has 32 heavy (non-hydrogen) atoms. The molecule has 8 heteroatoms. The van der Waals surface area contributed by atoms with Crippen LogP contribution in [0.3, 0.4) is 0 Å². The smallest absolute Gasteiger partial charge is 0.142 e. The van der Waals surface area contributed by atoms with Crippen LogP contribution >= 0.6 is 0 Å². The molecule has 0 fully saturated rings. The SMILES string of the molecule is COc1ccc(OC)c(N(CCNC(C)C)c2ccc3ncc(-c4cn[nH]c4)nc3c2)c1. The number of H-pyrrole nitrogens is 1. The summed E-state index contributed by atoms with van der Waals surface area (Å²) in [5.74, 6) is 1.54. The van der Waals surface area contributed by atoms with Crippen LogP contribution in [0, 0.1) is 0 Å². The molecule has 2 aromatic heterocycles. The summed E-state index contributed by atoms with van der Waals surface area (Å²) in [5, 5.41) is 10.3. The Hall–Kier alpha value is -3.65. The first-order valence-corrected chi connectivity index (χ1v) is 10.6. The van der Waals surface area contributed by atoms with Crippen LogP contribution in [0.15, 0.2) is 55.0 Å². The van der Waals surface area contributed by atoms with Crippen molar-refractivity contribution in [2.24, 2.45) is 0 Å². The van der Waals surface area contributed by atoms with Gasteiger partial charge in [-0.2, -0.15) is 5.10 Å². The summed E-state index contributed by atoms with van der Waals surface area (Å²) < 4.78 is 11.2. The van der Waals surface area contributed by atoms with Gasteiger partial charge in [0.2, 0.25) is 0 Å². The minimum Gasteiger partial charge on any atom is -0.497 e. The van der Waals surface area contributed by atoms with Gasteiger partial charge in [0.25, 0.3) is 0 Å². The average Bonchev–Trinajstić information content (AvgIpc) is 3.36. The van der Waals surface area contributed by atoms with E-state index in [0.29, 0.717) is 6.04 Å². The molecule has 0 spiro atoms. The maximum atomic E-state index is 5.67. The topological polar surface area (TPSA) is 88.2 Å². The fourth-order valence-electron chi connectivity index (χ4n) is 3.56. The second kappa shape index (κ2) is 9.65. The minimum atomic E-state index is 0.393. The molecule has 0 aliphatic heterocycles. The second-order valence-electron chi connectivity index (χ2n) is 7.71. The van der Waals surface area contributed by atoms with Crippen LogP contribution in [0.25, 0.3) is 22.3 Å². The van der Waals surface area contributed by atoms with Crippen LogP contribution in [-0.4, -0.2) is 53.5 Å². The van der Waals surface area contributed by atoms with Gasteiger partial charge in [-0.15, -0.1) is 0 Å². The fraction of sp³-hybridized carbons (Fsp3) is 0.292. The van der Waals surface area contributed by atoms with Crippen molar-refractivity contribution >= 4 is 22.4 Å². The third kappa shape index (κ3) is 4.65. The molecule has 4 aromatic rings. The summed E-state index contributed by atoms with van der Waals surface area (Å²) >= 11 is 0. The quantitative estimate of drug-likeness (QED) is 0.410.